The van der Waals surface area contributed by atoms with E-state index >= 15 is 0 Å². The molecular weight excluding hydrogens is 336 g/mol. The van der Waals surface area contributed by atoms with Gasteiger partial charge in [-0.15, -0.1) is 11.3 Å². The van der Waals surface area contributed by atoms with Gasteiger partial charge in [0.25, 0.3) is 0 Å². The summed E-state index contributed by atoms with van der Waals surface area (Å²) < 4.78 is 27.6. The van der Waals surface area contributed by atoms with E-state index in [1.54, 1.807) is 10.4 Å². The maximum absolute atomic E-state index is 12.6. The van der Waals surface area contributed by atoms with Crippen LogP contribution in [0.4, 0.5) is 0 Å². The van der Waals surface area contributed by atoms with E-state index in [1.807, 2.05) is 13.8 Å². The van der Waals surface area contributed by atoms with Gasteiger partial charge in [0.15, 0.2) is 0 Å². The summed E-state index contributed by atoms with van der Waals surface area (Å²) in [4.78, 5) is 1.24. The minimum absolute atomic E-state index is 0.0307. The third kappa shape index (κ3) is 2.65. The largest absolute Gasteiger partial charge is 0.328 e. The zero-order valence-electron chi connectivity index (χ0n) is 10.4. The number of hydrogen-bond donors (Lipinski definition) is 1. The van der Waals surface area contributed by atoms with Crippen LogP contribution in [0.15, 0.2) is 14.7 Å². The van der Waals surface area contributed by atoms with Crippen LogP contribution in [0.3, 0.4) is 0 Å². The molecule has 0 saturated carbocycles. The fourth-order valence-corrected chi connectivity index (χ4v) is 6.40. The molecule has 2 atom stereocenters. The Morgan fingerprint density at radius 3 is 2.72 bits per heavy atom. The first kappa shape index (κ1) is 14.5. The molecule has 1 aliphatic heterocycles. The average molecular weight is 353 g/mol. The summed E-state index contributed by atoms with van der Waals surface area (Å²) in [5.74, 6) is 0. The van der Waals surface area contributed by atoms with E-state index in [-0.39, 0.29) is 12.1 Å². The molecule has 102 valence electrons. The second-order valence-electron chi connectivity index (χ2n) is 4.72. The number of nitrogens with two attached hydrogens (primary N) is 1. The van der Waals surface area contributed by atoms with Crippen LogP contribution >= 0.6 is 27.3 Å². The van der Waals surface area contributed by atoms with Gasteiger partial charge in [0.05, 0.1) is 8.68 Å². The van der Waals surface area contributed by atoms with Crippen LogP contribution in [-0.2, 0) is 10.0 Å². The molecule has 1 aromatic heterocycles. The van der Waals surface area contributed by atoms with E-state index in [2.05, 4.69) is 15.9 Å². The summed E-state index contributed by atoms with van der Waals surface area (Å²) >= 11 is 4.79. The number of thiophene rings is 1. The molecule has 2 rings (SSSR count). The van der Waals surface area contributed by atoms with Gasteiger partial charge in [-0.3, -0.25) is 0 Å². The van der Waals surface area contributed by atoms with Crippen molar-refractivity contribution in [1.82, 2.24) is 4.31 Å². The van der Waals surface area contributed by atoms with E-state index < -0.39 is 10.0 Å². The van der Waals surface area contributed by atoms with E-state index in [9.17, 15) is 8.42 Å². The van der Waals surface area contributed by atoms with Gasteiger partial charge in [0, 0.05) is 23.5 Å². The van der Waals surface area contributed by atoms with Gasteiger partial charge in [-0.25, -0.2) is 8.42 Å². The highest BCUT2D eigenvalue weighted by atomic mass is 79.9. The summed E-state index contributed by atoms with van der Waals surface area (Å²) in [5.41, 5.74) is 5.88. The molecule has 1 aromatic rings. The van der Waals surface area contributed by atoms with E-state index in [0.717, 1.165) is 21.5 Å². The molecule has 0 bridgehead atoms. The molecular formula is C11H17BrN2O2S2. The van der Waals surface area contributed by atoms with Crippen LogP contribution < -0.4 is 5.73 Å². The Kier molecular flexibility index (Phi) is 4.18. The lowest BCUT2D eigenvalue weighted by Gasteiger charge is -2.35. The van der Waals surface area contributed by atoms with Crippen LogP contribution in [0, 0.1) is 6.92 Å². The molecule has 7 heteroatoms. The fraction of sp³-hybridized carbons (Fsp3) is 0.636. The summed E-state index contributed by atoms with van der Waals surface area (Å²) in [6.45, 7) is 4.27. The van der Waals surface area contributed by atoms with Crippen molar-refractivity contribution in [2.75, 3.05) is 6.54 Å². The van der Waals surface area contributed by atoms with Crippen LogP contribution in [0.1, 0.15) is 24.6 Å². The van der Waals surface area contributed by atoms with Crippen LogP contribution in [0.25, 0.3) is 0 Å². The number of aryl methyl sites for hydroxylation is 1. The summed E-state index contributed by atoms with van der Waals surface area (Å²) in [6, 6.07) is 1.77. The van der Waals surface area contributed by atoms with Gasteiger partial charge < -0.3 is 5.73 Å². The van der Waals surface area contributed by atoms with E-state index in [4.69, 9.17) is 5.73 Å². The Hall–Kier alpha value is 0.0500. The number of piperidine rings is 1. The number of nitrogens with zero attached hydrogens (tertiary/aromatic N) is 1. The predicted octanol–water partition coefficient (Wildman–Crippen LogP) is 2.32. The monoisotopic (exact) mass is 352 g/mol. The first-order chi connectivity index (χ1) is 8.32. The highest BCUT2D eigenvalue weighted by Crippen LogP contribution is 2.33. The molecule has 0 aliphatic carbocycles. The lowest BCUT2D eigenvalue weighted by Crippen LogP contribution is -2.48. The Bertz CT molecular complexity index is 541. The summed E-state index contributed by atoms with van der Waals surface area (Å²) in [6.07, 6.45) is 1.46. The van der Waals surface area contributed by atoms with Crippen molar-refractivity contribution in [3.05, 3.63) is 14.7 Å². The first-order valence-electron chi connectivity index (χ1n) is 5.85. The van der Waals surface area contributed by atoms with Crippen LogP contribution in [-0.4, -0.2) is 31.4 Å². The fourth-order valence-electron chi connectivity index (χ4n) is 2.36. The molecule has 1 fully saturated rings. The number of sulfonamides is 1. The molecule has 2 unspecified atom stereocenters. The second kappa shape index (κ2) is 5.20. The number of hydrogen-bond acceptors (Lipinski definition) is 4. The van der Waals surface area contributed by atoms with Crippen molar-refractivity contribution >= 4 is 37.3 Å². The first-order valence-corrected chi connectivity index (χ1v) is 8.90. The molecule has 18 heavy (non-hydrogen) atoms. The van der Waals surface area contributed by atoms with Crippen molar-refractivity contribution in [2.24, 2.45) is 5.73 Å². The maximum Gasteiger partial charge on any atom is 0.244 e. The topological polar surface area (TPSA) is 63.4 Å². The quantitative estimate of drug-likeness (QED) is 0.888. The minimum atomic E-state index is -3.39. The number of rotatable bonds is 2. The molecule has 2 heterocycles. The van der Waals surface area contributed by atoms with Gasteiger partial charge >= 0.3 is 0 Å². The summed E-state index contributed by atoms with van der Waals surface area (Å²) in [7, 11) is -3.39. The Morgan fingerprint density at radius 2 is 2.22 bits per heavy atom. The van der Waals surface area contributed by atoms with Gasteiger partial charge in [0.1, 0.15) is 0 Å². The zero-order chi connectivity index (χ0) is 13.5. The molecule has 2 N–H and O–H groups in total. The van der Waals surface area contributed by atoms with Gasteiger partial charge in [-0.05, 0) is 48.7 Å². The van der Waals surface area contributed by atoms with Crippen LogP contribution in [0.5, 0.6) is 0 Å². The Labute approximate surface area is 120 Å². The predicted molar refractivity (Wildman–Crippen MR) is 77.3 cm³/mol. The standard InChI is InChI=1S/C11H17BrN2O2S2/c1-7-5-9(13)3-4-14(7)18(15,16)10-6-11(12)17-8(10)2/h6-7,9H,3-5,13H2,1-2H3. The van der Waals surface area contributed by atoms with Gasteiger partial charge in [-0.2, -0.15) is 4.31 Å². The third-order valence-corrected chi connectivity index (χ3v) is 7.11. The van der Waals surface area contributed by atoms with Gasteiger partial charge in [0.2, 0.25) is 10.0 Å². The smallest absolute Gasteiger partial charge is 0.244 e. The lowest BCUT2D eigenvalue weighted by molar-refractivity contribution is 0.247. The SMILES string of the molecule is Cc1sc(Br)cc1S(=O)(=O)N1CCC(N)CC1C. The van der Waals surface area contributed by atoms with Crippen LogP contribution in [0.2, 0.25) is 0 Å². The molecule has 0 radical (unpaired) electrons. The number of halogens is 1. The normalized spacial score (nSPS) is 26.4. The highest BCUT2D eigenvalue weighted by molar-refractivity contribution is 9.11. The molecule has 1 saturated heterocycles. The molecule has 0 amide bonds. The van der Waals surface area contributed by atoms with E-state index in [1.165, 1.54) is 11.3 Å². The Balaban J connectivity index is 2.34. The highest BCUT2D eigenvalue weighted by Gasteiger charge is 2.34. The molecule has 0 aromatic carbocycles. The summed E-state index contributed by atoms with van der Waals surface area (Å²) in [5, 5.41) is 0. The van der Waals surface area contributed by atoms with Crippen molar-refractivity contribution in [2.45, 2.75) is 43.7 Å². The zero-order valence-corrected chi connectivity index (χ0v) is 13.6. The van der Waals surface area contributed by atoms with Crippen molar-refractivity contribution in [3.63, 3.8) is 0 Å². The average Bonchev–Trinajstić information content (AvgIpc) is 2.57. The van der Waals surface area contributed by atoms with Crippen molar-refractivity contribution in [1.29, 1.82) is 0 Å². The molecule has 1 aliphatic rings. The van der Waals surface area contributed by atoms with Crippen molar-refractivity contribution in [3.8, 4) is 0 Å². The van der Waals surface area contributed by atoms with Gasteiger partial charge in [-0.1, -0.05) is 0 Å². The third-order valence-electron chi connectivity index (χ3n) is 3.28. The Morgan fingerprint density at radius 1 is 1.56 bits per heavy atom. The minimum Gasteiger partial charge on any atom is -0.328 e. The van der Waals surface area contributed by atoms with E-state index in [0.29, 0.717) is 11.4 Å². The molecule has 4 nitrogen and oxygen atoms in total. The maximum atomic E-state index is 12.6. The second-order valence-corrected chi connectivity index (χ2v) is 9.21. The van der Waals surface area contributed by atoms with Crippen molar-refractivity contribution < 1.29 is 8.42 Å². The molecule has 0 spiro atoms. The lowest BCUT2D eigenvalue weighted by atomic mass is 10.0.